The summed E-state index contributed by atoms with van der Waals surface area (Å²) in [5.41, 5.74) is 14.0. The summed E-state index contributed by atoms with van der Waals surface area (Å²) in [6.45, 7) is 4.77. The third-order valence-electron chi connectivity index (χ3n) is 9.84. The van der Waals surface area contributed by atoms with Crippen molar-refractivity contribution in [2.45, 2.75) is 19.3 Å². The molecule has 0 N–H and O–H groups in total. The molecule has 1 aromatic heterocycles. The minimum absolute atomic E-state index is 0.0266. The van der Waals surface area contributed by atoms with Gasteiger partial charge < -0.3 is 4.90 Å². The lowest BCUT2D eigenvalue weighted by atomic mass is 9.80. The molecule has 0 spiro atoms. The Hall–Kier alpha value is -5.44. The average molecular weight is 620 g/mol. The number of fused-ring (bicyclic) bond motifs is 7. The molecule has 7 aromatic carbocycles. The zero-order valence-electron chi connectivity index (χ0n) is 26.4. The lowest BCUT2D eigenvalue weighted by molar-refractivity contribution is 0.667. The van der Waals surface area contributed by atoms with Crippen molar-refractivity contribution in [3.05, 3.63) is 175 Å². The molecule has 47 heavy (non-hydrogen) atoms. The Labute approximate surface area is 280 Å². The predicted molar refractivity (Wildman–Crippen MR) is 202 cm³/mol. The van der Waals surface area contributed by atoms with E-state index in [-0.39, 0.29) is 5.41 Å². The largest absolute Gasteiger partial charge is 0.311 e. The van der Waals surface area contributed by atoms with Crippen LogP contribution in [0.5, 0.6) is 0 Å². The zero-order valence-corrected chi connectivity index (χ0v) is 27.3. The Morgan fingerprint density at radius 2 is 1.04 bits per heavy atom. The first-order valence-corrected chi connectivity index (χ1v) is 17.1. The fraction of sp³-hybridized carbons (Fsp3) is 0.0667. The van der Waals surface area contributed by atoms with Gasteiger partial charge >= 0.3 is 0 Å². The summed E-state index contributed by atoms with van der Waals surface area (Å²) in [5.74, 6) is 0. The van der Waals surface area contributed by atoms with Crippen molar-refractivity contribution in [2.24, 2.45) is 0 Å². The Bertz CT molecular complexity index is 2380. The molecule has 0 radical (unpaired) electrons. The van der Waals surface area contributed by atoms with Crippen molar-refractivity contribution in [3.63, 3.8) is 0 Å². The van der Waals surface area contributed by atoms with Crippen molar-refractivity contribution in [3.8, 4) is 33.4 Å². The molecule has 8 aromatic rings. The minimum atomic E-state index is -0.0266. The molecule has 2 heteroatoms. The zero-order chi connectivity index (χ0) is 31.5. The quantitative estimate of drug-likeness (QED) is 0.185. The monoisotopic (exact) mass is 619 g/mol. The summed E-state index contributed by atoms with van der Waals surface area (Å²) in [6.07, 6.45) is 0. The molecule has 1 nitrogen and oxygen atoms in total. The molecule has 0 fully saturated rings. The van der Waals surface area contributed by atoms with Crippen LogP contribution in [0.15, 0.2) is 164 Å². The fourth-order valence-corrected chi connectivity index (χ4v) is 8.75. The lowest BCUT2D eigenvalue weighted by Crippen LogP contribution is -2.15. The summed E-state index contributed by atoms with van der Waals surface area (Å²) in [5, 5.41) is 2.78. The Morgan fingerprint density at radius 3 is 1.77 bits per heavy atom. The first-order chi connectivity index (χ1) is 23.1. The van der Waals surface area contributed by atoms with Gasteiger partial charge in [0, 0.05) is 42.6 Å². The SMILES string of the molecule is CC1(C)c2ccccc2-c2ccc3sc4cc(-c5cccc(-c6ccc(N(c7ccccc7)c7ccccc7)cc6)c5)ccc4c3c21. The second-order valence-electron chi connectivity index (χ2n) is 13.0. The van der Waals surface area contributed by atoms with Gasteiger partial charge in [0.1, 0.15) is 0 Å². The van der Waals surface area contributed by atoms with E-state index < -0.39 is 0 Å². The van der Waals surface area contributed by atoms with Crippen LogP contribution in [-0.2, 0) is 5.41 Å². The summed E-state index contributed by atoms with van der Waals surface area (Å²) in [6, 6.07) is 59.7. The Kier molecular flexibility index (Phi) is 6.41. The molecular formula is C45H33NS. The Morgan fingerprint density at radius 1 is 0.447 bits per heavy atom. The molecule has 0 bridgehead atoms. The van der Waals surface area contributed by atoms with E-state index in [2.05, 4.69) is 183 Å². The van der Waals surface area contributed by atoms with Crippen LogP contribution in [0.25, 0.3) is 53.6 Å². The van der Waals surface area contributed by atoms with E-state index in [0.29, 0.717) is 0 Å². The van der Waals surface area contributed by atoms with Crippen LogP contribution in [0.4, 0.5) is 17.1 Å². The summed E-state index contributed by atoms with van der Waals surface area (Å²) in [7, 11) is 0. The summed E-state index contributed by atoms with van der Waals surface area (Å²) in [4.78, 5) is 2.30. The van der Waals surface area contributed by atoms with E-state index in [1.54, 1.807) is 0 Å². The standard InChI is InChI=1S/C45H33NS/c1-45(2)40-19-10-9-18-37(40)38-26-27-41-43(44(38)45)39-25-22-33(29-42(39)47-41)32-13-11-12-31(28-32)30-20-23-36(24-21-30)46(34-14-5-3-6-15-34)35-16-7-4-8-17-35/h3-29H,1-2H3. The molecule has 1 heterocycles. The second kappa shape index (κ2) is 10.8. The maximum atomic E-state index is 2.39. The maximum Gasteiger partial charge on any atom is 0.0462 e. The topological polar surface area (TPSA) is 3.24 Å². The third kappa shape index (κ3) is 4.52. The van der Waals surface area contributed by atoms with Gasteiger partial charge in [0.05, 0.1) is 0 Å². The molecule has 224 valence electrons. The number of hydrogen-bond donors (Lipinski definition) is 0. The first-order valence-electron chi connectivity index (χ1n) is 16.3. The lowest BCUT2D eigenvalue weighted by Gasteiger charge is -2.25. The number of para-hydroxylation sites is 2. The van der Waals surface area contributed by atoms with E-state index in [9.17, 15) is 0 Å². The number of benzene rings is 7. The van der Waals surface area contributed by atoms with Gasteiger partial charge in [-0.05, 0) is 99.1 Å². The highest BCUT2D eigenvalue weighted by atomic mass is 32.1. The summed E-state index contributed by atoms with van der Waals surface area (Å²) < 4.78 is 2.71. The number of hydrogen-bond acceptors (Lipinski definition) is 2. The maximum absolute atomic E-state index is 2.39. The minimum Gasteiger partial charge on any atom is -0.311 e. The molecule has 1 aliphatic carbocycles. The molecule has 0 saturated carbocycles. The number of nitrogens with zero attached hydrogens (tertiary/aromatic N) is 1. The average Bonchev–Trinajstić information content (AvgIpc) is 3.61. The highest BCUT2D eigenvalue weighted by Gasteiger charge is 2.37. The van der Waals surface area contributed by atoms with Crippen LogP contribution in [0, 0.1) is 0 Å². The third-order valence-corrected chi connectivity index (χ3v) is 11.0. The van der Waals surface area contributed by atoms with Gasteiger partial charge in [0.25, 0.3) is 0 Å². The normalized spacial score (nSPS) is 13.1. The van der Waals surface area contributed by atoms with Crippen LogP contribution < -0.4 is 4.90 Å². The molecule has 1 aliphatic rings. The van der Waals surface area contributed by atoms with E-state index in [0.717, 1.165) is 17.1 Å². The highest BCUT2D eigenvalue weighted by Crippen LogP contribution is 2.54. The Balaban J connectivity index is 1.07. The van der Waals surface area contributed by atoms with Gasteiger partial charge in [0.2, 0.25) is 0 Å². The smallest absolute Gasteiger partial charge is 0.0462 e. The van der Waals surface area contributed by atoms with Crippen molar-refractivity contribution >= 4 is 48.6 Å². The molecule has 0 unspecified atom stereocenters. The van der Waals surface area contributed by atoms with E-state index in [1.165, 1.54) is 64.7 Å². The van der Waals surface area contributed by atoms with E-state index in [1.807, 2.05) is 11.3 Å². The van der Waals surface area contributed by atoms with Gasteiger partial charge in [-0.3, -0.25) is 0 Å². The van der Waals surface area contributed by atoms with Gasteiger partial charge in [-0.25, -0.2) is 0 Å². The van der Waals surface area contributed by atoms with E-state index in [4.69, 9.17) is 0 Å². The van der Waals surface area contributed by atoms with Crippen molar-refractivity contribution in [1.82, 2.24) is 0 Å². The number of thiophene rings is 1. The van der Waals surface area contributed by atoms with Gasteiger partial charge in [-0.1, -0.05) is 123 Å². The predicted octanol–water partition coefficient (Wildman–Crippen LogP) is 13.2. The highest BCUT2D eigenvalue weighted by molar-refractivity contribution is 7.25. The van der Waals surface area contributed by atoms with Crippen LogP contribution in [0.1, 0.15) is 25.0 Å². The molecule has 9 rings (SSSR count). The molecule has 0 aliphatic heterocycles. The van der Waals surface area contributed by atoms with Crippen LogP contribution in [0.2, 0.25) is 0 Å². The van der Waals surface area contributed by atoms with Crippen molar-refractivity contribution < 1.29 is 0 Å². The van der Waals surface area contributed by atoms with E-state index >= 15 is 0 Å². The number of rotatable bonds is 5. The van der Waals surface area contributed by atoms with Crippen LogP contribution >= 0.6 is 11.3 Å². The van der Waals surface area contributed by atoms with Crippen molar-refractivity contribution in [2.75, 3.05) is 4.90 Å². The molecule has 0 saturated heterocycles. The molecular weight excluding hydrogens is 587 g/mol. The molecule has 0 atom stereocenters. The fourth-order valence-electron chi connectivity index (χ4n) is 7.60. The molecule has 0 amide bonds. The number of anilines is 3. The van der Waals surface area contributed by atoms with Gasteiger partial charge in [-0.2, -0.15) is 0 Å². The van der Waals surface area contributed by atoms with Crippen LogP contribution in [-0.4, -0.2) is 0 Å². The first kappa shape index (κ1) is 27.8. The van der Waals surface area contributed by atoms with Crippen molar-refractivity contribution in [1.29, 1.82) is 0 Å². The van der Waals surface area contributed by atoms with Crippen LogP contribution in [0.3, 0.4) is 0 Å². The summed E-state index contributed by atoms with van der Waals surface area (Å²) >= 11 is 1.91. The second-order valence-corrected chi connectivity index (χ2v) is 14.1. The van der Waals surface area contributed by atoms with Gasteiger partial charge in [-0.15, -0.1) is 11.3 Å². The van der Waals surface area contributed by atoms with Gasteiger partial charge in [0.15, 0.2) is 0 Å².